The van der Waals surface area contributed by atoms with E-state index in [-0.39, 0.29) is 6.10 Å². The fourth-order valence-corrected chi connectivity index (χ4v) is 2.42. The van der Waals surface area contributed by atoms with E-state index in [9.17, 15) is 5.11 Å². The van der Waals surface area contributed by atoms with E-state index in [4.69, 9.17) is 0 Å². The van der Waals surface area contributed by atoms with Gasteiger partial charge in [0.05, 0.1) is 6.10 Å². The largest absolute Gasteiger partial charge is 0.392 e. The van der Waals surface area contributed by atoms with Crippen LogP contribution in [-0.4, -0.2) is 23.3 Å². The van der Waals surface area contributed by atoms with E-state index in [1.807, 2.05) is 6.08 Å². The van der Waals surface area contributed by atoms with E-state index in [1.54, 1.807) is 0 Å². The molecular formula is C13H25NO. The van der Waals surface area contributed by atoms with Crippen molar-refractivity contribution in [1.82, 2.24) is 5.32 Å². The van der Waals surface area contributed by atoms with Gasteiger partial charge in [0.1, 0.15) is 0 Å². The molecule has 3 unspecified atom stereocenters. The van der Waals surface area contributed by atoms with Crippen LogP contribution in [0.15, 0.2) is 12.7 Å². The summed E-state index contributed by atoms with van der Waals surface area (Å²) in [6.45, 7) is 5.98. The maximum absolute atomic E-state index is 9.75. The fraction of sp³-hybridized carbons (Fsp3) is 0.846. The van der Waals surface area contributed by atoms with Gasteiger partial charge in [0.25, 0.3) is 0 Å². The Morgan fingerprint density at radius 1 is 1.47 bits per heavy atom. The van der Waals surface area contributed by atoms with Gasteiger partial charge in [0.15, 0.2) is 0 Å². The summed E-state index contributed by atoms with van der Waals surface area (Å²) in [4.78, 5) is 0. The topological polar surface area (TPSA) is 32.3 Å². The van der Waals surface area contributed by atoms with Crippen LogP contribution in [0.25, 0.3) is 0 Å². The standard InChI is InChI=1S/C13H25NO/c1-3-5-8-11(7-4-2)14-12-9-6-10-13(12)15/h3,11-15H,1,4-10H2,2H3. The molecule has 0 spiro atoms. The summed E-state index contributed by atoms with van der Waals surface area (Å²) in [5.41, 5.74) is 0. The lowest BCUT2D eigenvalue weighted by molar-refractivity contribution is 0.140. The predicted octanol–water partition coefficient (Wildman–Crippen LogP) is 2.62. The van der Waals surface area contributed by atoms with Crippen LogP contribution in [0, 0.1) is 0 Å². The van der Waals surface area contributed by atoms with E-state index in [0.29, 0.717) is 12.1 Å². The van der Waals surface area contributed by atoms with E-state index in [0.717, 1.165) is 25.7 Å². The van der Waals surface area contributed by atoms with Crippen molar-refractivity contribution in [2.24, 2.45) is 0 Å². The van der Waals surface area contributed by atoms with Gasteiger partial charge in [-0.15, -0.1) is 6.58 Å². The zero-order valence-corrected chi connectivity index (χ0v) is 9.91. The molecule has 0 aromatic heterocycles. The molecule has 1 saturated carbocycles. The summed E-state index contributed by atoms with van der Waals surface area (Å²) in [6.07, 6.45) is 9.77. The van der Waals surface area contributed by atoms with Crippen LogP contribution in [0.3, 0.4) is 0 Å². The van der Waals surface area contributed by atoms with Gasteiger partial charge in [0, 0.05) is 12.1 Å². The smallest absolute Gasteiger partial charge is 0.0693 e. The van der Waals surface area contributed by atoms with Crippen LogP contribution in [0.2, 0.25) is 0 Å². The van der Waals surface area contributed by atoms with Gasteiger partial charge < -0.3 is 10.4 Å². The number of allylic oxidation sites excluding steroid dienone is 1. The van der Waals surface area contributed by atoms with Crippen molar-refractivity contribution in [2.75, 3.05) is 0 Å². The van der Waals surface area contributed by atoms with Crippen LogP contribution in [0.5, 0.6) is 0 Å². The van der Waals surface area contributed by atoms with E-state index in [2.05, 4.69) is 18.8 Å². The monoisotopic (exact) mass is 211 g/mol. The van der Waals surface area contributed by atoms with E-state index < -0.39 is 0 Å². The highest BCUT2D eigenvalue weighted by atomic mass is 16.3. The third-order valence-electron chi connectivity index (χ3n) is 3.29. The Bertz CT molecular complexity index is 181. The molecule has 2 nitrogen and oxygen atoms in total. The summed E-state index contributed by atoms with van der Waals surface area (Å²) >= 11 is 0. The Labute approximate surface area is 93.8 Å². The van der Waals surface area contributed by atoms with Gasteiger partial charge in [0.2, 0.25) is 0 Å². The summed E-state index contributed by atoms with van der Waals surface area (Å²) < 4.78 is 0. The average Bonchev–Trinajstić information content (AvgIpc) is 2.61. The molecule has 0 bridgehead atoms. The molecule has 3 atom stereocenters. The van der Waals surface area contributed by atoms with Crippen molar-refractivity contribution in [3.8, 4) is 0 Å². The summed E-state index contributed by atoms with van der Waals surface area (Å²) in [7, 11) is 0. The minimum atomic E-state index is -0.118. The minimum absolute atomic E-state index is 0.118. The third kappa shape index (κ3) is 4.35. The zero-order valence-electron chi connectivity index (χ0n) is 9.91. The zero-order chi connectivity index (χ0) is 11.1. The molecule has 2 N–H and O–H groups in total. The highest BCUT2D eigenvalue weighted by Crippen LogP contribution is 2.20. The highest BCUT2D eigenvalue weighted by molar-refractivity contribution is 4.86. The van der Waals surface area contributed by atoms with Crippen molar-refractivity contribution < 1.29 is 5.11 Å². The van der Waals surface area contributed by atoms with E-state index in [1.165, 1.54) is 19.3 Å². The molecule has 0 radical (unpaired) electrons. The van der Waals surface area contributed by atoms with Crippen molar-refractivity contribution in [3.05, 3.63) is 12.7 Å². The second-order valence-corrected chi connectivity index (χ2v) is 4.62. The predicted molar refractivity (Wildman–Crippen MR) is 64.9 cm³/mol. The van der Waals surface area contributed by atoms with Crippen LogP contribution < -0.4 is 5.32 Å². The van der Waals surface area contributed by atoms with E-state index >= 15 is 0 Å². The van der Waals surface area contributed by atoms with Crippen LogP contribution >= 0.6 is 0 Å². The summed E-state index contributed by atoms with van der Waals surface area (Å²) in [6, 6.07) is 0.900. The minimum Gasteiger partial charge on any atom is -0.392 e. The molecule has 0 heterocycles. The summed E-state index contributed by atoms with van der Waals surface area (Å²) in [5.74, 6) is 0. The Balaban J connectivity index is 2.31. The molecule has 0 aliphatic heterocycles. The molecule has 15 heavy (non-hydrogen) atoms. The second kappa shape index (κ2) is 7.02. The lowest BCUT2D eigenvalue weighted by atomic mass is 10.0. The van der Waals surface area contributed by atoms with Crippen LogP contribution in [-0.2, 0) is 0 Å². The molecule has 0 saturated heterocycles. The average molecular weight is 211 g/mol. The molecule has 1 aliphatic carbocycles. The molecule has 0 amide bonds. The lowest BCUT2D eigenvalue weighted by Gasteiger charge is -2.24. The first-order chi connectivity index (χ1) is 7.27. The number of hydrogen-bond donors (Lipinski definition) is 2. The van der Waals surface area contributed by atoms with Gasteiger partial charge in [-0.1, -0.05) is 19.4 Å². The van der Waals surface area contributed by atoms with Crippen molar-refractivity contribution >= 4 is 0 Å². The maximum atomic E-state index is 9.75. The number of aliphatic hydroxyl groups excluding tert-OH is 1. The first kappa shape index (κ1) is 12.7. The number of hydrogen-bond acceptors (Lipinski definition) is 2. The first-order valence-corrected chi connectivity index (χ1v) is 6.33. The first-order valence-electron chi connectivity index (χ1n) is 6.33. The molecule has 0 aromatic rings. The Morgan fingerprint density at radius 2 is 2.27 bits per heavy atom. The molecule has 2 heteroatoms. The van der Waals surface area contributed by atoms with Gasteiger partial charge in [-0.05, 0) is 38.5 Å². The maximum Gasteiger partial charge on any atom is 0.0693 e. The van der Waals surface area contributed by atoms with Crippen molar-refractivity contribution in [3.63, 3.8) is 0 Å². The second-order valence-electron chi connectivity index (χ2n) is 4.62. The Morgan fingerprint density at radius 3 is 2.80 bits per heavy atom. The molecule has 1 rings (SSSR count). The van der Waals surface area contributed by atoms with Crippen molar-refractivity contribution in [1.29, 1.82) is 0 Å². The van der Waals surface area contributed by atoms with Crippen LogP contribution in [0.4, 0.5) is 0 Å². The van der Waals surface area contributed by atoms with Crippen molar-refractivity contribution in [2.45, 2.75) is 70.1 Å². The molecule has 88 valence electrons. The number of aliphatic hydroxyl groups is 1. The lowest BCUT2D eigenvalue weighted by Crippen LogP contribution is -2.42. The van der Waals surface area contributed by atoms with Gasteiger partial charge >= 0.3 is 0 Å². The number of rotatable bonds is 7. The third-order valence-corrected chi connectivity index (χ3v) is 3.29. The fourth-order valence-electron chi connectivity index (χ4n) is 2.42. The Kier molecular flexibility index (Phi) is 5.96. The van der Waals surface area contributed by atoms with Gasteiger partial charge in [-0.3, -0.25) is 0 Å². The molecular weight excluding hydrogens is 186 g/mol. The van der Waals surface area contributed by atoms with Gasteiger partial charge in [-0.2, -0.15) is 0 Å². The normalized spacial score (nSPS) is 27.9. The Hall–Kier alpha value is -0.340. The van der Waals surface area contributed by atoms with Crippen LogP contribution in [0.1, 0.15) is 51.9 Å². The summed E-state index contributed by atoms with van der Waals surface area (Å²) in [5, 5.41) is 13.4. The molecule has 0 aromatic carbocycles. The van der Waals surface area contributed by atoms with Gasteiger partial charge in [-0.25, -0.2) is 0 Å². The number of nitrogens with one attached hydrogen (secondary N) is 1. The SMILES string of the molecule is C=CCCC(CCC)NC1CCCC1O. The molecule has 1 fully saturated rings. The highest BCUT2D eigenvalue weighted by Gasteiger charge is 2.26. The molecule has 1 aliphatic rings. The quantitative estimate of drug-likeness (QED) is 0.634.